The van der Waals surface area contributed by atoms with Gasteiger partial charge in [-0.15, -0.1) is 0 Å². The molecule has 3 rings (SSSR count). The molecule has 0 bridgehead atoms. The van der Waals surface area contributed by atoms with Crippen LogP contribution in [0.4, 0.5) is 5.69 Å². The highest BCUT2D eigenvalue weighted by Crippen LogP contribution is 2.21. The number of hydrogen-bond donors (Lipinski definition) is 2. The molecule has 2 N–H and O–H groups in total. The highest BCUT2D eigenvalue weighted by Gasteiger charge is 2.18. The van der Waals surface area contributed by atoms with Crippen molar-refractivity contribution in [2.24, 2.45) is 0 Å². The van der Waals surface area contributed by atoms with Crippen molar-refractivity contribution in [3.8, 4) is 5.75 Å². The zero-order valence-electron chi connectivity index (χ0n) is 17.7. The number of benzene rings is 2. The van der Waals surface area contributed by atoms with Crippen LogP contribution >= 0.6 is 0 Å². The Balaban J connectivity index is 1.73. The molecule has 30 heavy (non-hydrogen) atoms. The van der Waals surface area contributed by atoms with E-state index >= 15 is 0 Å². The summed E-state index contributed by atoms with van der Waals surface area (Å²) < 4.78 is 7.52. The number of nitrogens with zero attached hydrogens (tertiary/aromatic N) is 2. The molecule has 0 aliphatic rings. The number of aryl methyl sites for hydroxylation is 3. The van der Waals surface area contributed by atoms with Gasteiger partial charge in [0.15, 0.2) is 5.69 Å². The second-order valence-corrected chi connectivity index (χ2v) is 7.04. The maximum Gasteiger partial charge on any atom is 0.273 e. The van der Waals surface area contributed by atoms with Crippen LogP contribution in [0.2, 0.25) is 0 Å². The third-order valence-corrected chi connectivity index (χ3v) is 4.69. The Kier molecular flexibility index (Phi) is 6.51. The third-order valence-electron chi connectivity index (χ3n) is 4.69. The Morgan fingerprint density at radius 1 is 1.10 bits per heavy atom. The fourth-order valence-electron chi connectivity index (χ4n) is 3.08. The summed E-state index contributed by atoms with van der Waals surface area (Å²) in [7, 11) is 1.53. The maximum absolute atomic E-state index is 12.8. The molecule has 7 heteroatoms. The SMILES string of the molecule is CCn1cc(NC(=O)c2cccc(COc3ccc(C)cc3C)c2)c(C(=O)NC)n1. The van der Waals surface area contributed by atoms with Gasteiger partial charge in [-0.1, -0.05) is 29.8 Å². The van der Waals surface area contributed by atoms with Crippen molar-refractivity contribution < 1.29 is 14.3 Å². The van der Waals surface area contributed by atoms with Gasteiger partial charge in [0.05, 0.1) is 5.69 Å². The molecule has 0 atom stereocenters. The molecule has 156 valence electrons. The molecule has 0 radical (unpaired) electrons. The van der Waals surface area contributed by atoms with Crippen molar-refractivity contribution >= 4 is 17.5 Å². The summed E-state index contributed by atoms with van der Waals surface area (Å²) in [5, 5.41) is 9.54. The average Bonchev–Trinajstić information content (AvgIpc) is 3.15. The summed E-state index contributed by atoms with van der Waals surface area (Å²) in [6, 6.07) is 13.2. The van der Waals surface area contributed by atoms with Crippen LogP contribution in [0.25, 0.3) is 0 Å². The van der Waals surface area contributed by atoms with Gasteiger partial charge in [0.2, 0.25) is 0 Å². The van der Waals surface area contributed by atoms with Gasteiger partial charge in [-0.3, -0.25) is 14.3 Å². The second-order valence-electron chi connectivity index (χ2n) is 7.04. The van der Waals surface area contributed by atoms with Crippen molar-refractivity contribution in [1.29, 1.82) is 0 Å². The minimum absolute atomic E-state index is 0.182. The van der Waals surface area contributed by atoms with E-state index in [-0.39, 0.29) is 17.5 Å². The van der Waals surface area contributed by atoms with Gasteiger partial charge in [0.25, 0.3) is 11.8 Å². The molecule has 0 spiro atoms. The quantitative estimate of drug-likeness (QED) is 0.626. The lowest BCUT2D eigenvalue weighted by Gasteiger charge is -2.11. The lowest BCUT2D eigenvalue weighted by atomic mass is 10.1. The van der Waals surface area contributed by atoms with Crippen LogP contribution in [0.3, 0.4) is 0 Å². The molecule has 0 saturated heterocycles. The number of nitrogens with one attached hydrogen (secondary N) is 2. The first-order valence-electron chi connectivity index (χ1n) is 9.81. The molecule has 0 aliphatic heterocycles. The van der Waals surface area contributed by atoms with E-state index in [1.807, 2.05) is 45.0 Å². The number of amides is 2. The topological polar surface area (TPSA) is 85.2 Å². The molecular formula is C23H26N4O3. The lowest BCUT2D eigenvalue weighted by molar-refractivity contribution is 0.0958. The van der Waals surface area contributed by atoms with Gasteiger partial charge in [-0.25, -0.2) is 0 Å². The third kappa shape index (κ3) is 4.86. The van der Waals surface area contributed by atoms with Crippen LogP contribution in [0.15, 0.2) is 48.7 Å². The first-order chi connectivity index (χ1) is 14.4. The summed E-state index contributed by atoms with van der Waals surface area (Å²) in [6.07, 6.45) is 1.65. The normalized spacial score (nSPS) is 10.5. The molecular weight excluding hydrogens is 380 g/mol. The van der Waals surface area contributed by atoms with Gasteiger partial charge in [-0.2, -0.15) is 5.10 Å². The summed E-state index contributed by atoms with van der Waals surface area (Å²) >= 11 is 0. The van der Waals surface area contributed by atoms with Crippen molar-refractivity contribution in [2.45, 2.75) is 33.9 Å². The lowest BCUT2D eigenvalue weighted by Crippen LogP contribution is -2.21. The number of hydrogen-bond acceptors (Lipinski definition) is 4. The van der Waals surface area contributed by atoms with E-state index < -0.39 is 0 Å². The van der Waals surface area contributed by atoms with Crippen molar-refractivity contribution in [3.63, 3.8) is 0 Å². The Hall–Kier alpha value is -3.61. The fraction of sp³-hybridized carbons (Fsp3) is 0.261. The summed E-state index contributed by atoms with van der Waals surface area (Å²) in [6.45, 7) is 6.89. The second kappa shape index (κ2) is 9.26. The van der Waals surface area contributed by atoms with Crippen molar-refractivity contribution in [1.82, 2.24) is 15.1 Å². The Labute approximate surface area is 176 Å². The van der Waals surface area contributed by atoms with E-state index in [1.54, 1.807) is 23.0 Å². The number of carbonyl (C=O) groups excluding carboxylic acids is 2. The van der Waals surface area contributed by atoms with E-state index in [4.69, 9.17) is 4.74 Å². The van der Waals surface area contributed by atoms with Crippen LogP contribution in [0.1, 0.15) is 44.5 Å². The largest absolute Gasteiger partial charge is 0.489 e. The molecule has 3 aromatic rings. The minimum atomic E-state index is -0.354. The van der Waals surface area contributed by atoms with Crippen LogP contribution in [0.5, 0.6) is 5.75 Å². The Morgan fingerprint density at radius 3 is 2.60 bits per heavy atom. The van der Waals surface area contributed by atoms with E-state index in [0.29, 0.717) is 24.4 Å². The van der Waals surface area contributed by atoms with E-state index in [0.717, 1.165) is 16.9 Å². The molecule has 2 amide bonds. The molecule has 0 unspecified atom stereocenters. The average molecular weight is 406 g/mol. The highest BCUT2D eigenvalue weighted by molar-refractivity contribution is 6.08. The van der Waals surface area contributed by atoms with E-state index in [9.17, 15) is 9.59 Å². The number of anilines is 1. The van der Waals surface area contributed by atoms with Gasteiger partial charge >= 0.3 is 0 Å². The van der Waals surface area contributed by atoms with E-state index in [2.05, 4.69) is 21.8 Å². The standard InChI is InChI=1S/C23H26N4O3/c1-5-27-13-19(21(26-27)23(29)24-4)25-22(28)18-8-6-7-17(12-18)14-30-20-10-9-15(2)11-16(20)3/h6-13H,5,14H2,1-4H3,(H,24,29)(H,25,28). The maximum atomic E-state index is 12.8. The number of rotatable bonds is 7. The van der Waals surface area contributed by atoms with Crippen LogP contribution in [-0.2, 0) is 13.2 Å². The van der Waals surface area contributed by atoms with Gasteiger partial charge in [0.1, 0.15) is 12.4 Å². The summed E-state index contributed by atoms with van der Waals surface area (Å²) in [5.74, 6) is 0.148. The predicted molar refractivity (Wildman–Crippen MR) is 116 cm³/mol. The summed E-state index contributed by atoms with van der Waals surface area (Å²) in [5.41, 5.74) is 4.15. The monoisotopic (exact) mass is 406 g/mol. The first kappa shape index (κ1) is 21.1. The molecule has 1 heterocycles. The smallest absolute Gasteiger partial charge is 0.273 e. The molecule has 0 fully saturated rings. The first-order valence-corrected chi connectivity index (χ1v) is 9.81. The highest BCUT2D eigenvalue weighted by atomic mass is 16.5. The Morgan fingerprint density at radius 2 is 1.90 bits per heavy atom. The van der Waals surface area contributed by atoms with E-state index in [1.165, 1.54) is 12.6 Å². The summed E-state index contributed by atoms with van der Waals surface area (Å²) in [4.78, 5) is 24.8. The van der Waals surface area contributed by atoms with Gasteiger partial charge in [-0.05, 0) is 50.1 Å². The molecule has 0 saturated carbocycles. The number of ether oxygens (including phenoxy) is 1. The van der Waals surface area contributed by atoms with Gasteiger partial charge in [0, 0.05) is 25.4 Å². The minimum Gasteiger partial charge on any atom is -0.489 e. The molecule has 2 aromatic carbocycles. The predicted octanol–water partition coefficient (Wildman–Crippen LogP) is 3.71. The van der Waals surface area contributed by atoms with Crippen LogP contribution in [0, 0.1) is 13.8 Å². The molecule has 1 aromatic heterocycles. The zero-order valence-corrected chi connectivity index (χ0v) is 17.7. The van der Waals surface area contributed by atoms with Crippen molar-refractivity contribution in [2.75, 3.05) is 12.4 Å². The van der Waals surface area contributed by atoms with Crippen LogP contribution < -0.4 is 15.4 Å². The zero-order chi connectivity index (χ0) is 21.7. The molecule has 7 nitrogen and oxygen atoms in total. The van der Waals surface area contributed by atoms with Crippen LogP contribution in [-0.4, -0.2) is 28.6 Å². The molecule has 0 aliphatic carbocycles. The Bertz CT molecular complexity index is 1070. The van der Waals surface area contributed by atoms with Gasteiger partial charge < -0.3 is 15.4 Å². The van der Waals surface area contributed by atoms with Crippen molar-refractivity contribution in [3.05, 3.63) is 76.6 Å². The number of aromatic nitrogens is 2. The fourth-order valence-corrected chi connectivity index (χ4v) is 3.08. The number of carbonyl (C=O) groups is 2.